The van der Waals surface area contributed by atoms with E-state index in [1.807, 2.05) is 45.0 Å². The molecule has 0 saturated carbocycles. The van der Waals surface area contributed by atoms with Crippen molar-refractivity contribution in [3.05, 3.63) is 65.2 Å². The molecular formula is C20H24N2O3. The lowest BCUT2D eigenvalue weighted by molar-refractivity contribution is -0.123. The summed E-state index contributed by atoms with van der Waals surface area (Å²) >= 11 is 0. The molecule has 0 unspecified atom stereocenters. The van der Waals surface area contributed by atoms with Crippen molar-refractivity contribution in [2.75, 3.05) is 5.32 Å². The number of aliphatic hydroxyl groups excluding tert-OH is 1. The van der Waals surface area contributed by atoms with Crippen molar-refractivity contribution in [2.45, 2.75) is 33.9 Å². The number of benzene rings is 2. The van der Waals surface area contributed by atoms with E-state index < -0.39 is 5.41 Å². The number of amides is 2. The normalized spacial score (nSPS) is 11.0. The van der Waals surface area contributed by atoms with E-state index in [9.17, 15) is 14.7 Å². The zero-order chi connectivity index (χ0) is 18.4. The Balaban J connectivity index is 2.05. The van der Waals surface area contributed by atoms with Gasteiger partial charge in [-0.15, -0.1) is 0 Å². The highest BCUT2D eigenvalue weighted by atomic mass is 16.3. The van der Waals surface area contributed by atoms with Gasteiger partial charge >= 0.3 is 0 Å². The van der Waals surface area contributed by atoms with Gasteiger partial charge in [-0.25, -0.2) is 0 Å². The molecule has 5 nitrogen and oxygen atoms in total. The molecule has 0 fully saturated rings. The van der Waals surface area contributed by atoms with Crippen molar-refractivity contribution in [3.63, 3.8) is 0 Å². The summed E-state index contributed by atoms with van der Waals surface area (Å²) in [6.45, 7) is 5.75. The van der Waals surface area contributed by atoms with Crippen LogP contribution in [-0.4, -0.2) is 16.9 Å². The second-order valence-electron chi connectivity index (χ2n) is 6.89. The van der Waals surface area contributed by atoms with Gasteiger partial charge in [-0.3, -0.25) is 9.59 Å². The number of nitrogens with one attached hydrogen (secondary N) is 2. The van der Waals surface area contributed by atoms with Crippen molar-refractivity contribution in [3.8, 4) is 0 Å². The highest BCUT2D eigenvalue weighted by Gasteiger charge is 2.21. The third-order valence-electron chi connectivity index (χ3n) is 3.79. The molecule has 0 spiro atoms. The molecule has 0 aliphatic rings. The second kappa shape index (κ2) is 7.94. The molecule has 2 aromatic carbocycles. The monoisotopic (exact) mass is 340 g/mol. The van der Waals surface area contributed by atoms with Crippen LogP contribution in [0.3, 0.4) is 0 Å². The highest BCUT2D eigenvalue weighted by Crippen LogP contribution is 2.18. The maximum absolute atomic E-state index is 12.4. The Morgan fingerprint density at radius 3 is 2.32 bits per heavy atom. The van der Waals surface area contributed by atoms with Crippen molar-refractivity contribution in [2.24, 2.45) is 5.41 Å². The standard InChI is InChI=1S/C20H24N2O3/c1-20(2,3)19(25)22-17-10-6-9-14(11-17)18(24)21-12-15-7-4-5-8-16(15)13-23/h4-11,23H,12-13H2,1-3H3,(H,21,24)(H,22,25). The van der Waals surface area contributed by atoms with Crippen LogP contribution < -0.4 is 10.6 Å². The van der Waals surface area contributed by atoms with Gasteiger partial charge < -0.3 is 15.7 Å². The number of aliphatic hydroxyl groups is 1. The predicted octanol–water partition coefficient (Wildman–Crippen LogP) is 3.09. The van der Waals surface area contributed by atoms with Crippen LogP contribution in [0.4, 0.5) is 5.69 Å². The number of carbonyl (C=O) groups is 2. The molecule has 2 aromatic rings. The minimum absolute atomic E-state index is 0.0691. The summed E-state index contributed by atoms with van der Waals surface area (Å²) in [5.41, 5.74) is 2.20. The van der Waals surface area contributed by atoms with Gasteiger partial charge in [0.25, 0.3) is 5.91 Å². The van der Waals surface area contributed by atoms with E-state index in [2.05, 4.69) is 10.6 Å². The van der Waals surface area contributed by atoms with E-state index in [1.165, 1.54) is 0 Å². The fourth-order valence-corrected chi connectivity index (χ4v) is 2.22. The number of hydrogen-bond acceptors (Lipinski definition) is 3. The third-order valence-corrected chi connectivity index (χ3v) is 3.79. The molecule has 2 rings (SSSR count). The van der Waals surface area contributed by atoms with Crippen LogP contribution in [-0.2, 0) is 17.9 Å². The molecule has 0 aliphatic heterocycles. The van der Waals surface area contributed by atoms with E-state index in [0.717, 1.165) is 11.1 Å². The van der Waals surface area contributed by atoms with Crippen molar-refractivity contribution >= 4 is 17.5 Å². The first-order chi connectivity index (χ1) is 11.8. The fraction of sp³-hybridized carbons (Fsp3) is 0.300. The fourth-order valence-electron chi connectivity index (χ4n) is 2.22. The van der Waals surface area contributed by atoms with Crippen molar-refractivity contribution < 1.29 is 14.7 Å². The van der Waals surface area contributed by atoms with Crippen LogP contribution in [0.2, 0.25) is 0 Å². The Morgan fingerprint density at radius 2 is 1.68 bits per heavy atom. The van der Waals surface area contributed by atoms with Gasteiger partial charge in [-0.05, 0) is 29.3 Å². The van der Waals surface area contributed by atoms with Crippen LogP contribution in [0.5, 0.6) is 0 Å². The molecular weight excluding hydrogens is 316 g/mol. The number of anilines is 1. The summed E-state index contributed by atoms with van der Waals surface area (Å²) in [5, 5.41) is 15.0. The largest absolute Gasteiger partial charge is 0.392 e. The zero-order valence-electron chi connectivity index (χ0n) is 14.8. The average molecular weight is 340 g/mol. The Bertz CT molecular complexity index is 764. The van der Waals surface area contributed by atoms with Crippen LogP contribution in [0.15, 0.2) is 48.5 Å². The average Bonchev–Trinajstić information content (AvgIpc) is 2.59. The van der Waals surface area contributed by atoms with E-state index in [4.69, 9.17) is 0 Å². The summed E-state index contributed by atoms with van der Waals surface area (Å²) in [4.78, 5) is 24.4. The van der Waals surface area contributed by atoms with Gasteiger partial charge in [0.1, 0.15) is 0 Å². The van der Waals surface area contributed by atoms with Gasteiger partial charge in [-0.1, -0.05) is 51.1 Å². The lowest BCUT2D eigenvalue weighted by Gasteiger charge is -2.18. The number of carbonyl (C=O) groups excluding carboxylic acids is 2. The molecule has 132 valence electrons. The summed E-state index contributed by atoms with van der Waals surface area (Å²) in [7, 11) is 0. The van der Waals surface area contributed by atoms with Crippen molar-refractivity contribution in [1.82, 2.24) is 5.32 Å². The number of hydrogen-bond donors (Lipinski definition) is 3. The van der Waals surface area contributed by atoms with Crippen LogP contribution in [0.25, 0.3) is 0 Å². The molecule has 0 bridgehead atoms. The van der Waals surface area contributed by atoms with Gasteiger partial charge in [0.2, 0.25) is 5.91 Å². The lowest BCUT2D eigenvalue weighted by atomic mass is 9.95. The van der Waals surface area contributed by atoms with Gasteiger partial charge in [0.05, 0.1) is 6.61 Å². The minimum Gasteiger partial charge on any atom is -0.392 e. The Morgan fingerprint density at radius 1 is 1.00 bits per heavy atom. The summed E-state index contributed by atoms with van der Waals surface area (Å²) in [5.74, 6) is -0.346. The molecule has 3 N–H and O–H groups in total. The Kier molecular flexibility index (Phi) is 5.93. The van der Waals surface area contributed by atoms with Crippen LogP contribution >= 0.6 is 0 Å². The molecule has 2 amide bonds. The maximum Gasteiger partial charge on any atom is 0.251 e. The van der Waals surface area contributed by atoms with Gasteiger partial charge in [-0.2, -0.15) is 0 Å². The molecule has 0 radical (unpaired) electrons. The van der Waals surface area contributed by atoms with E-state index in [1.54, 1.807) is 24.3 Å². The second-order valence-corrected chi connectivity index (χ2v) is 6.89. The van der Waals surface area contributed by atoms with Gasteiger partial charge in [0, 0.05) is 23.2 Å². The molecule has 25 heavy (non-hydrogen) atoms. The first-order valence-corrected chi connectivity index (χ1v) is 8.18. The summed E-state index contributed by atoms with van der Waals surface area (Å²) in [6.07, 6.45) is 0. The Labute approximate surface area is 148 Å². The molecule has 5 heteroatoms. The van der Waals surface area contributed by atoms with Crippen LogP contribution in [0.1, 0.15) is 42.3 Å². The smallest absolute Gasteiger partial charge is 0.251 e. The van der Waals surface area contributed by atoms with Crippen LogP contribution in [0, 0.1) is 5.41 Å². The highest BCUT2D eigenvalue weighted by molar-refractivity contribution is 5.98. The SMILES string of the molecule is CC(C)(C)C(=O)Nc1cccc(C(=O)NCc2ccccc2CO)c1. The Hall–Kier alpha value is -2.66. The molecule has 0 saturated heterocycles. The predicted molar refractivity (Wildman–Crippen MR) is 98.1 cm³/mol. The lowest BCUT2D eigenvalue weighted by Crippen LogP contribution is -2.28. The molecule has 0 aliphatic carbocycles. The first kappa shape index (κ1) is 18.7. The van der Waals surface area contributed by atoms with E-state index in [-0.39, 0.29) is 18.4 Å². The molecule has 0 heterocycles. The van der Waals surface area contributed by atoms with Crippen molar-refractivity contribution in [1.29, 1.82) is 0 Å². The van der Waals surface area contributed by atoms with E-state index in [0.29, 0.717) is 17.8 Å². The topological polar surface area (TPSA) is 78.4 Å². The summed E-state index contributed by atoms with van der Waals surface area (Å²) < 4.78 is 0. The van der Waals surface area contributed by atoms with Gasteiger partial charge in [0.15, 0.2) is 0 Å². The zero-order valence-corrected chi connectivity index (χ0v) is 14.8. The summed E-state index contributed by atoms with van der Waals surface area (Å²) in [6, 6.07) is 14.2. The first-order valence-electron chi connectivity index (χ1n) is 8.18. The maximum atomic E-state index is 12.4. The number of rotatable bonds is 5. The molecule has 0 atom stereocenters. The quantitative estimate of drug-likeness (QED) is 0.782. The third kappa shape index (κ3) is 5.16. The minimum atomic E-state index is -0.508. The molecule has 0 aromatic heterocycles. The van der Waals surface area contributed by atoms with E-state index >= 15 is 0 Å².